The van der Waals surface area contributed by atoms with E-state index in [2.05, 4.69) is 24.7 Å². The summed E-state index contributed by atoms with van der Waals surface area (Å²) in [6.45, 7) is 5.01. The van der Waals surface area contributed by atoms with E-state index in [-0.39, 0.29) is 22.6 Å². The van der Waals surface area contributed by atoms with Gasteiger partial charge in [0.2, 0.25) is 0 Å². The quantitative estimate of drug-likeness (QED) is 0.153. The highest BCUT2D eigenvalue weighted by molar-refractivity contribution is 7.99. The van der Waals surface area contributed by atoms with Crippen molar-refractivity contribution >= 4 is 35.3 Å². The molecule has 8 nitrogen and oxygen atoms in total. The third-order valence-corrected chi connectivity index (χ3v) is 5.59. The number of carbonyl (C=O) groups excluding carboxylic acids is 2. The minimum atomic E-state index is -0.524. The maximum absolute atomic E-state index is 12.2. The molecule has 0 aliphatic carbocycles. The zero-order chi connectivity index (χ0) is 20.8. The second-order valence-corrected chi connectivity index (χ2v) is 8.38. The number of nitrogens with two attached hydrogens (primary N) is 2. The van der Waals surface area contributed by atoms with E-state index in [0.29, 0.717) is 13.2 Å². The van der Waals surface area contributed by atoms with Gasteiger partial charge in [0.05, 0.1) is 24.3 Å². The molecule has 158 valence electrons. The first kappa shape index (κ1) is 24.4. The largest absolute Gasteiger partial charge is 0.493 e. The molecule has 28 heavy (non-hydrogen) atoms. The molecule has 0 aromatic heterocycles. The number of benzene rings is 1. The van der Waals surface area contributed by atoms with Crippen LogP contribution in [0.5, 0.6) is 11.5 Å². The fraction of sp³-hybridized carbons (Fsp3) is 0.556. The number of nitrogens with one attached hydrogen (secondary N) is 2. The van der Waals surface area contributed by atoms with Gasteiger partial charge in [-0.2, -0.15) is 23.5 Å². The lowest BCUT2D eigenvalue weighted by atomic mass is 10.1. The van der Waals surface area contributed by atoms with E-state index in [0.717, 1.165) is 35.9 Å². The molecule has 1 rings (SSSR count). The summed E-state index contributed by atoms with van der Waals surface area (Å²) in [6, 6.07) is 2.94. The third-order valence-electron chi connectivity index (χ3n) is 3.62. The van der Waals surface area contributed by atoms with Gasteiger partial charge in [0.1, 0.15) is 11.5 Å². The van der Waals surface area contributed by atoms with Crippen LogP contribution in [0, 0.1) is 0 Å². The number of nitrogen functional groups attached to an aromatic ring is 2. The Bertz CT molecular complexity index is 578. The Hall–Kier alpha value is -1.62. The van der Waals surface area contributed by atoms with E-state index >= 15 is 0 Å². The van der Waals surface area contributed by atoms with E-state index in [1.54, 1.807) is 23.5 Å². The second kappa shape index (κ2) is 14.4. The number of hydrogen-bond donors (Lipinski definition) is 4. The van der Waals surface area contributed by atoms with Crippen LogP contribution >= 0.6 is 23.5 Å². The van der Waals surface area contributed by atoms with Crippen LogP contribution in [0.1, 0.15) is 47.4 Å². The van der Waals surface area contributed by atoms with Gasteiger partial charge in [-0.1, -0.05) is 13.8 Å². The average molecular weight is 431 g/mol. The van der Waals surface area contributed by atoms with Crippen molar-refractivity contribution in [3.63, 3.8) is 0 Å². The molecule has 1 aromatic rings. The van der Waals surface area contributed by atoms with E-state index < -0.39 is 11.8 Å². The Labute approximate surface area is 174 Å². The van der Waals surface area contributed by atoms with E-state index in [1.807, 2.05) is 0 Å². The Morgan fingerprint density at radius 2 is 1.25 bits per heavy atom. The third kappa shape index (κ3) is 8.17. The average Bonchev–Trinajstić information content (AvgIpc) is 2.72. The first-order valence-corrected chi connectivity index (χ1v) is 11.5. The summed E-state index contributed by atoms with van der Waals surface area (Å²) in [5.41, 5.74) is 4.61. The summed E-state index contributed by atoms with van der Waals surface area (Å²) in [4.78, 5) is 24.4. The standard InChI is InChI=1S/C18H30N4O4S2/c1-3-27-9-5-7-25-15-11-14(18(24)22-20)16(12-13(15)17(23)21-19)26-8-6-10-28-4-2/h11-12H,3-10,19-20H2,1-2H3,(H,21,23)(H,22,24). The molecule has 0 radical (unpaired) electrons. The van der Waals surface area contributed by atoms with E-state index in [4.69, 9.17) is 21.2 Å². The molecule has 0 saturated heterocycles. The van der Waals surface area contributed by atoms with Crippen LogP contribution in [-0.4, -0.2) is 48.0 Å². The number of ether oxygens (including phenoxy) is 2. The molecule has 0 unspecified atom stereocenters. The Morgan fingerprint density at radius 1 is 0.857 bits per heavy atom. The van der Waals surface area contributed by atoms with Crippen LogP contribution in [0.2, 0.25) is 0 Å². The molecule has 0 saturated carbocycles. The van der Waals surface area contributed by atoms with Crippen molar-refractivity contribution in [3.05, 3.63) is 23.3 Å². The molecule has 0 heterocycles. The zero-order valence-corrected chi connectivity index (χ0v) is 18.0. The Morgan fingerprint density at radius 3 is 1.57 bits per heavy atom. The number of hydrazine groups is 2. The van der Waals surface area contributed by atoms with Crippen molar-refractivity contribution in [1.82, 2.24) is 10.9 Å². The molecule has 0 spiro atoms. The molecule has 10 heteroatoms. The molecule has 1 aromatic carbocycles. The van der Waals surface area contributed by atoms with Gasteiger partial charge in [0, 0.05) is 0 Å². The van der Waals surface area contributed by atoms with Gasteiger partial charge in [-0.25, -0.2) is 11.7 Å². The number of rotatable bonds is 14. The van der Waals surface area contributed by atoms with Crippen LogP contribution in [-0.2, 0) is 0 Å². The van der Waals surface area contributed by atoms with Gasteiger partial charge in [-0.15, -0.1) is 0 Å². The monoisotopic (exact) mass is 430 g/mol. The molecule has 2 amide bonds. The first-order chi connectivity index (χ1) is 13.6. The second-order valence-electron chi connectivity index (χ2n) is 5.59. The summed E-state index contributed by atoms with van der Waals surface area (Å²) < 4.78 is 11.5. The lowest BCUT2D eigenvalue weighted by molar-refractivity contribution is 0.0934. The van der Waals surface area contributed by atoms with Gasteiger partial charge < -0.3 is 9.47 Å². The van der Waals surface area contributed by atoms with Crippen molar-refractivity contribution in [3.8, 4) is 11.5 Å². The van der Waals surface area contributed by atoms with Crippen molar-refractivity contribution in [1.29, 1.82) is 0 Å². The highest BCUT2D eigenvalue weighted by Gasteiger charge is 2.21. The van der Waals surface area contributed by atoms with Gasteiger partial charge >= 0.3 is 0 Å². The SMILES string of the molecule is CCSCCCOc1cc(C(=O)NN)c(OCCCSCC)cc1C(=O)NN. The molecular formula is C18H30N4O4S2. The van der Waals surface area contributed by atoms with Gasteiger partial charge in [0.25, 0.3) is 11.8 Å². The number of carbonyl (C=O) groups is 2. The fourth-order valence-corrected chi connectivity index (χ4v) is 3.51. The lowest BCUT2D eigenvalue weighted by Crippen LogP contribution is -2.32. The predicted octanol–water partition coefficient (Wildman–Crippen LogP) is 1.94. The highest BCUT2D eigenvalue weighted by atomic mass is 32.2. The zero-order valence-electron chi connectivity index (χ0n) is 16.4. The maximum atomic E-state index is 12.2. The predicted molar refractivity (Wildman–Crippen MR) is 116 cm³/mol. The number of hydrogen-bond acceptors (Lipinski definition) is 8. The summed E-state index contributed by atoms with van der Waals surface area (Å²) in [6.07, 6.45) is 1.63. The lowest BCUT2D eigenvalue weighted by Gasteiger charge is -2.16. The van der Waals surface area contributed by atoms with Crippen LogP contribution in [0.25, 0.3) is 0 Å². The number of amides is 2. The molecule has 0 aliphatic rings. The topological polar surface area (TPSA) is 129 Å². The molecular weight excluding hydrogens is 400 g/mol. The van der Waals surface area contributed by atoms with E-state index in [1.165, 1.54) is 12.1 Å². The summed E-state index contributed by atoms with van der Waals surface area (Å²) in [7, 11) is 0. The van der Waals surface area contributed by atoms with Crippen LogP contribution in [0.15, 0.2) is 12.1 Å². The Balaban J connectivity index is 3.02. The normalized spacial score (nSPS) is 10.4. The number of thioether (sulfide) groups is 2. The molecule has 0 fully saturated rings. The molecule has 6 N–H and O–H groups in total. The minimum absolute atomic E-state index is 0.206. The van der Waals surface area contributed by atoms with Crippen molar-refractivity contribution in [2.75, 3.05) is 36.2 Å². The maximum Gasteiger partial charge on any atom is 0.269 e. The summed E-state index contributed by atoms with van der Waals surface area (Å²) >= 11 is 3.61. The van der Waals surface area contributed by atoms with Gasteiger partial charge in [0.15, 0.2) is 0 Å². The fourth-order valence-electron chi connectivity index (χ4n) is 2.28. The van der Waals surface area contributed by atoms with Crippen molar-refractivity contribution in [2.45, 2.75) is 26.7 Å². The molecule has 0 bridgehead atoms. The van der Waals surface area contributed by atoms with Crippen molar-refractivity contribution in [2.24, 2.45) is 11.7 Å². The van der Waals surface area contributed by atoms with Crippen LogP contribution in [0.4, 0.5) is 0 Å². The van der Waals surface area contributed by atoms with E-state index in [9.17, 15) is 9.59 Å². The molecule has 0 atom stereocenters. The summed E-state index contributed by atoms with van der Waals surface area (Å²) in [5, 5.41) is 0. The molecule has 0 aliphatic heterocycles. The highest BCUT2D eigenvalue weighted by Crippen LogP contribution is 2.30. The van der Waals surface area contributed by atoms with Gasteiger partial charge in [-0.05, 0) is 48.0 Å². The van der Waals surface area contributed by atoms with Crippen LogP contribution < -0.4 is 32.0 Å². The smallest absolute Gasteiger partial charge is 0.269 e. The first-order valence-electron chi connectivity index (χ1n) is 9.19. The minimum Gasteiger partial charge on any atom is -0.493 e. The summed E-state index contributed by atoms with van der Waals surface area (Å²) in [5.74, 6) is 14.0. The van der Waals surface area contributed by atoms with Crippen molar-refractivity contribution < 1.29 is 19.1 Å². The van der Waals surface area contributed by atoms with Crippen LogP contribution in [0.3, 0.4) is 0 Å². The Kier molecular flexibility index (Phi) is 12.5. The van der Waals surface area contributed by atoms with Gasteiger partial charge in [-0.3, -0.25) is 20.4 Å².